The van der Waals surface area contributed by atoms with E-state index < -0.39 is 0 Å². The predicted molar refractivity (Wildman–Crippen MR) is 77.3 cm³/mol. The van der Waals surface area contributed by atoms with Crippen LogP contribution in [0.25, 0.3) is 0 Å². The molecule has 1 aliphatic rings. The SMILES string of the molecule is O=C(c1ccncc1)N1CCNCC1c1cccc(F)c1. The van der Waals surface area contributed by atoms with Crippen LogP contribution in [0.5, 0.6) is 0 Å². The molecule has 2 heterocycles. The van der Waals surface area contributed by atoms with Gasteiger partial charge in [-0.15, -0.1) is 0 Å². The highest BCUT2D eigenvalue weighted by Crippen LogP contribution is 2.24. The second kappa shape index (κ2) is 6.01. The van der Waals surface area contributed by atoms with Crippen molar-refractivity contribution in [1.29, 1.82) is 0 Å². The molecule has 0 bridgehead atoms. The van der Waals surface area contributed by atoms with Crippen LogP contribution in [0.3, 0.4) is 0 Å². The van der Waals surface area contributed by atoms with Gasteiger partial charge in [0.2, 0.25) is 0 Å². The number of carbonyl (C=O) groups excluding carboxylic acids is 1. The molecule has 5 heteroatoms. The molecule has 1 N–H and O–H groups in total. The first-order valence-corrected chi connectivity index (χ1v) is 6.93. The highest BCUT2D eigenvalue weighted by molar-refractivity contribution is 5.94. The smallest absolute Gasteiger partial charge is 0.254 e. The Balaban J connectivity index is 1.90. The summed E-state index contributed by atoms with van der Waals surface area (Å²) in [5, 5.41) is 3.26. The van der Waals surface area contributed by atoms with E-state index in [1.54, 1.807) is 35.5 Å². The Labute approximate surface area is 122 Å². The van der Waals surface area contributed by atoms with Crippen molar-refractivity contribution in [2.75, 3.05) is 19.6 Å². The van der Waals surface area contributed by atoms with Crippen molar-refractivity contribution in [3.63, 3.8) is 0 Å². The van der Waals surface area contributed by atoms with E-state index in [2.05, 4.69) is 10.3 Å². The molecule has 1 aromatic carbocycles. The molecule has 1 atom stereocenters. The Kier molecular flexibility index (Phi) is 3.92. The Bertz CT molecular complexity index is 632. The molecule has 0 radical (unpaired) electrons. The number of amides is 1. The zero-order valence-electron chi connectivity index (χ0n) is 11.5. The number of hydrogen-bond donors (Lipinski definition) is 1. The molecule has 1 fully saturated rings. The highest BCUT2D eigenvalue weighted by Gasteiger charge is 2.28. The number of aromatic nitrogens is 1. The molecule has 3 rings (SSSR count). The fourth-order valence-electron chi connectivity index (χ4n) is 2.62. The molecule has 0 aliphatic carbocycles. The fraction of sp³-hybridized carbons (Fsp3) is 0.250. The summed E-state index contributed by atoms with van der Waals surface area (Å²) in [7, 11) is 0. The lowest BCUT2D eigenvalue weighted by molar-refractivity contribution is 0.0634. The third-order valence-electron chi connectivity index (χ3n) is 3.66. The van der Waals surface area contributed by atoms with Gasteiger partial charge >= 0.3 is 0 Å². The van der Waals surface area contributed by atoms with E-state index in [0.717, 1.165) is 12.1 Å². The van der Waals surface area contributed by atoms with Crippen LogP contribution in [0, 0.1) is 5.82 Å². The molecule has 1 aliphatic heterocycles. The van der Waals surface area contributed by atoms with Crippen molar-refractivity contribution in [3.8, 4) is 0 Å². The van der Waals surface area contributed by atoms with Gasteiger partial charge in [0.05, 0.1) is 6.04 Å². The number of piperazine rings is 1. The standard InChI is InChI=1S/C16H16FN3O/c17-14-3-1-2-13(10-14)15-11-19-8-9-20(15)16(21)12-4-6-18-7-5-12/h1-7,10,15,19H,8-9,11H2. The quantitative estimate of drug-likeness (QED) is 0.918. The van der Waals surface area contributed by atoms with Crippen molar-refractivity contribution in [1.82, 2.24) is 15.2 Å². The third kappa shape index (κ3) is 2.92. The van der Waals surface area contributed by atoms with Gasteiger partial charge in [0.15, 0.2) is 0 Å². The number of rotatable bonds is 2. The Morgan fingerprint density at radius 2 is 2.10 bits per heavy atom. The van der Waals surface area contributed by atoms with E-state index >= 15 is 0 Å². The summed E-state index contributed by atoms with van der Waals surface area (Å²) in [6.45, 7) is 1.96. The number of nitrogens with one attached hydrogen (secondary N) is 1. The summed E-state index contributed by atoms with van der Waals surface area (Å²) >= 11 is 0. The summed E-state index contributed by atoms with van der Waals surface area (Å²) in [5.74, 6) is -0.331. The van der Waals surface area contributed by atoms with Gasteiger partial charge in [0.25, 0.3) is 5.91 Å². The van der Waals surface area contributed by atoms with Gasteiger partial charge in [0.1, 0.15) is 5.82 Å². The maximum atomic E-state index is 13.4. The van der Waals surface area contributed by atoms with Crippen LogP contribution in [0.4, 0.5) is 4.39 Å². The predicted octanol–water partition coefficient (Wildman–Crippen LogP) is 2.01. The second-order valence-corrected chi connectivity index (χ2v) is 5.01. The molecule has 1 aromatic heterocycles. The fourth-order valence-corrected chi connectivity index (χ4v) is 2.62. The van der Waals surface area contributed by atoms with Gasteiger partial charge in [-0.05, 0) is 29.8 Å². The van der Waals surface area contributed by atoms with E-state index in [1.165, 1.54) is 12.1 Å². The van der Waals surface area contributed by atoms with E-state index in [-0.39, 0.29) is 17.8 Å². The summed E-state index contributed by atoms with van der Waals surface area (Å²) in [6.07, 6.45) is 3.21. The van der Waals surface area contributed by atoms with E-state index in [4.69, 9.17) is 0 Å². The Morgan fingerprint density at radius 3 is 2.86 bits per heavy atom. The first-order valence-electron chi connectivity index (χ1n) is 6.93. The monoisotopic (exact) mass is 285 g/mol. The Hall–Kier alpha value is -2.27. The lowest BCUT2D eigenvalue weighted by Gasteiger charge is -2.36. The maximum absolute atomic E-state index is 13.4. The molecule has 0 saturated carbocycles. The topological polar surface area (TPSA) is 45.2 Å². The lowest BCUT2D eigenvalue weighted by Crippen LogP contribution is -2.48. The highest BCUT2D eigenvalue weighted by atomic mass is 19.1. The van der Waals surface area contributed by atoms with Crippen LogP contribution in [0.1, 0.15) is 22.0 Å². The minimum Gasteiger partial charge on any atom is -0.329 e. The maximum Gasteiger partial charge on any atom is 0.254 e. The molecule has 2 aromatic rings. The first-order chi connectivity index (χ1) is 10.3. The minimum absolute atomic E-state index is 0.0480. The summed E-state index contributed by atoms with van der Waals surface area (Å²) in [6, 6.07) is 9.68. The van der Waals surface area contributed by atoms with Gasteiger partial charge in [-0.25, -0.2) is 4.39 Å². The second-order valence-electron chi connectivity index (χ2n) is 5.01. The molecular formula is C16H16FN3O. The van der Waals surface area contributed by atoms with Crippen LogP contribution >= 0.6 is 0 Å². The van der Waals surface area contributed by atoms with Crippen molar-refractivity contribution in [3.05, 3.63) is 65.7 Å². The largest absolute Gasteiger partial charge is 0.329 e. The lowest BCUT2D eigenvalue weighted by atomic mass is 10.0. The molecule has 1 amide bonds. The van der Waals surface area contributed by atoms with Crippen LogP contribution in [0.15, 0.2) is 48.8 Å². The van der Waals surface area contributed by atoms with Crippen LogP contribution < -0.4 is 5.32 Å². The number of nitrogens with zero attached hydrogens (tertiary/aromatic N) is 2. The van der Waals surface area contributed by atoms with Gasteiger partial charge in [0, 0.05) is 37.6 Å². The first kappa shape index (κ1) is 13.7. The van der Waals surface area contributed by atoms with Crippen molar-refractivity contribution < 1.29 is 9.18 Å². The summed E-state index contributed by atoms with van der Waals surface area (Å²) < 4.78 is 13.4. The zero-order chi connectivity index (χ0) is 14.7. The number of carbonyl (C=O) groups is 1. The average Bonchev–Trinajstić information content (AvgIpc) is 2.55. The van der Waals surface area contributed by atoms with Gasteiger partial charge in [-0.3, -0.25) is 9.78 Å². The molecular weight excluding hydrogens is 269 g/mol. The van der Waals surface area contributed by atoms with E-state index in [9.17, 15) is 9.18 Å². The van der Waals surface area contributed by atoms with Gasteiger partial charge in [-0.2, -0.15) is 0 Å². The van der Waals surface area contributed by atoms with Crippen LogP contribution in [0.2, 0.25) is 0 Å². The van der Waals surface area contributed by atoms with E-state index in [0.29, 0.717) is 18.7 Å². The number of halogens is 1. The zero-order valence-corrected chi connectivity index (χ0v) is 11.5. The Morgan fingerprint density at radius 1 is 1.29 bits per heavy atom. The van der Waals surface area contributed by atoms with Crippen molar-refractivity contribution >= 4 is 5.91 Å². The number of hydrogen-bond acceptors (Lipinski definition) is 3. The van der Waals surface area contributed by atoms with E-state index in [1.807, 2.05) is 6.07 Å². The number of benzene rings is 1. The summed E-state index contributed by atoms with van der Waals surface area (Å²) in [5.41, 5.74) is 1.41. The molecule has 1 unspecified atom stereocenters. The van der Waals surface area contributed by atoms with Gasteiger partial charge in [-0.1, -0.05) is 12.1 Å². The van der Waals surface area contributed by atoms with Gasteiger partial charge < -0.3 is 10.2 Å². The normalized spacial score (nSPS) is 18.5. The molecule has 4 nitrogen and oxygen atoms in total. The van der Waals surface area contributed by atoms with Crippen molar-refractivity contribution in [2.45, 2.75) is 6.04 Å². The molecule has 1 saturated heterocycles. The number of pyridine rings is 1. The van der Waals surface area contributed by atoms with Crippen molar-refractivity contribution in [2.24, 2.45) is 0 Å². The third-order valence-corrected chi connectivity index (χ3v) is 3.66. The minimum atomic E-state index is -0.283. The molecule has 21 heavy (non-hydrogen) atoms. The summed E-state index contributed by atoms with van der Waals surface area (Å²) in [4.78, 5) is 18.4. The average molecular weight is 285 g/mol. The van der Waals surface area contributed by atoms with Crippen LogP contribution in [-0.4, -0.2) is 35.4 Å². The molecule has 108 valence electrons. The molecule has 0 spiro atoms. The van der Waals surface area contributed by atoms with Crippen LogP contribution in [-0.2, 0) is 0 Å².